The van der Waals surface area contributed by atoms with Gasteiger partial charge in [-0.15, -0.1) is 0 Å². The SMILES string of the molecule is COc1cc(CNc2cc(C(=O)O)ccc2Cl)cc(Cl)c1OCc1cccnc1. The second kappa shape index (κ2) is 9.49. The van der Waals surface area contributed by atoms with Crippen LogP contribution in [0.15, 0.2) is 54.9 Å². The van der Waals surface area contributed by atoms with Crippen molar-refractivity contribution < 1.29 is 19.4 Å². The van der Waals surface area contributed by atoms with Gasteiger partial charge in [0.1, 0.15) is 6.61 Å². The molecule has 2 N–H and O–H groups in total. The van der Waals surface area contributed by atoms with Crippen LogP contribution < -0.4 is 14.8 Å². The number of nitrogens with zero attached hydrogens (tertiary/aromatic N) is 1. The van der Waals surface area contributed by atoms with Crippen molar-refractivity contribution in [2.24, 2.45) is 0 Å². The molecule has 6 nitrogen and oxygen atoms in total. The predicted molar refractivity (Wildman–Crippen MR) is 112 cm³/mol. The summed E-state index contributed by atoms with van der Waals surface area (Å²) in [5.74, 6) is -0.0965. The number of carbonyl (C=O) groups is 1. The number of methoxy groups -OCH3 is 1. The molecule has 0 amide bonds. The summed E-state index contributed by atoms with van der Waals surface area (Å²) in [6.45, 7) is 0.668. The molecule has 0 fully saturated rings. The van der Waals surface area contributed by atoms with Gasteiger partial charge in [-0.05, 0) is 42.0 Å². The molecule has 0 aliphatic heterocycles. The molecule has 1 aromatic heterocycles. The van der Waals surface area contributed by atoms with Crippen molar-refractivity contribution >= 4 is 34.9 Å². The fraction of sp³-hybridized carbons (Fsp3) is 0.143. The van der Waals surface area contributed by atoms with E-state index in [0.717, 1.165) is 11.1 Å². The molecule has 0 saturated heterocycles. The molecule has 0 spiro atoms. The maximum atomic E-state index is 11.1. The average molecular weight is 433 g/mol. The van der Waals surface area contributed by atoms with Crippen molar-refractivity contribution in [2.75, 3.05) is 12.4 Å². The van der Waals surface area contributed by atoms with E-state index in [0.29, 0.717) is 40.4 Å². The zero-order valence-electron chi connectivity index (χ0n) is 15.5. The minimum atomic E-state index is -1.02. The molecule has 8 heteroatoms. The second-order valence-corrected chi connectivity index (χ2v) is 6.93. The van der Waals surface area contributed by atoms with E-state index in [4.69, 9.17) is 37.8 Å². The van der Waals surface area contributed by atoms with E-state index in [1.807, 2.05) is 12.1 Å². The first-order chi connectivity index (χ1) is 14.0. The lowest BCUT2D eigenvalue weighted by Gasteiger charge is -2.15. The van der Waals surface area contributed by atoms with Crippen LogP contribution in [-0.4, -0.2) is 23.2 Å². The molecule has 0 unspecified atom stereocenters. The van der Waals surface area contributed by atoms with Gasteiger partial charge in [0.25, 0.3) is 0 Å². The number of hydrogen-bond acceptors (Lipinski definition) is 5. The van der Waals surface area contributed by atoms with E-state index < -0.39 is 5.97 Å². The highest BCUT2D eigenvalue weighted by molar-refractivity contribution is 6.33. The summed E-state index contributed by atoms with van der Waals surface area (Å²) in [6.07, 6.45) is 3.41. The van der Waals surface area contributed by atoms with Gasteiger partial charge in [0, 0.05) is 24.5 Å². The molecule has 0 aliphatic carbocycles. The van der Waals surface area contributed by atoms with Gasteiger partial charge in [-0.2, -0.15) is 0 Å². The normalized spacial score (nSPS) is 10.4. The van der Waals surface area contributed by atoms with E-state index in [2.05, 4.69) is 10.3 Å². The van der Waals surface area contributed by atoms with Gasteiger partial charge in [-0.25, -0.2) is 4.79 Å². The highest BCUT2D eigenvalue weighted by atomic mass is 35.5. The van der Waals surface area contributed by atoms with Crippen molar-refractivity contribution in [2.45, 2.75) is 13.2 Å². The van der Waals surface area contributed by atoms with E-state index >= 15 is 0 Å². The maximum Gasteiger partial charge on any atom is 0.335 e. The third-order valence-electron chi connectivity index (χ3n) is 4.09. The topological polar surface area (TPSA) is 80.7 Å². The van der Waals surface area contributed by atoms with Crippen molar-refractivity contribution in [1.82, 2.24) is 4.98 Å². The smallest absolute Gasteiger partial charge is 0.335 e. The van der Waals surface area contributed by atoms with E-state index in [9.17, 15) is 4.79 Å². The highest BCUT2D eigenvalue weighted by Gasteiger charge is 2.13. The van der Waals surface area contributed by atoms with E-state index in [-0.39, 0.29) is 5.56 Å². The van der Waals surface area contributed by atoms with Gasteiger partial charge < -0.3 is 19.9 Å². The Kier molecular flexibility index (Phi) is 6.80. The second-order valence-electron chi connectivity index (χ2n) is 6.11. The van der Waals surface area contributed by atoms with Crippen LogP contribution in [0.1, 0.15) is 21.5 Å². The molecule has 0 radical (unpaired) electrons. The monoisotopic (exact) mass is 432 g/mol. The minimum Gasteiger partial charge on any atom is -0.493 e. The fourth-order valence-electron chi connectivity index (χ4n) is 2.65. The van der Waals surface area contributed by atoms with Crippen molar-refractivity contribution in [3.8, 4) is 11.5 Å². The van der Waals surface area contributed by atoms with Crippen molar-refractivity contribution in [3.63, 3.8) is 0 Å². The molecular formula is C21H18Cl2N2O4. The standard InChI is InChI=1S/C21H18Cl2N2O4/c1-28-19-8-14(11-25-18-9-15(21(26)27)4-5-16(18)22)7-17(23)20(19)29-12-13-3-2-6-24-10-13/h2-10,25H,11-12H2,1H3,(H,26,27). The number of halogens is 2. The fourth-order valence-corrected chi connectivity index (χ4v) is 3.12. The molecule has 3 rings (SSSR count). The van der Waals surface area contributed by atoms with E-state index in [1.165, 1.54) is 25.3 Å². The van der Waals surface area contributed by atoms with Gasteiger partial charge in [0.2, 0.25) is 0 Å². The van der Waals surface area contributed by atoms with Gasteiger partial charge in [0.05, 0.1) is 28.4 Å². The largest absolute Gasteiger partial charge is 0.493 e. The Morgan fingerprint density at radius 3 is 2.66 bits per heavy atom. The molecule has 0 saturated carbocycles. The zero-order valence-corrected chi connectivity index (χ0v) is 17.0. The number of aromatic nitrogens is 1. The molecule has 0 bridgehead atoms. The summed E-state index contributed by atoms with van der Waals surface area (Å²) < 4.78 is 11.2. The van der Waals surface area contributed by atoms with Crippen LogP contribution in [0.25, 0.3) is 0 Å². The average Bonchev–Trinajstić information content (AvgIpc) is 2.72. The van der Waals surface area contributed by atoms with Crippen molar-refractivity contribution in [3.05, 3.63) is 81.6 Å². The Bertz CT molecular complexity index is 1010. The quantitative estimate of drug-likeness (QED) is 0.503. The summed E-state index contributed by atoms with van der Waals surface area (Å²) >= 11 is 12.6. The lowest BCUT2D eigenvalue weighted by Crippen LogP contribution is -2.04. The maximum absolute atomic E-state index is 11.1. The summed E-state index contributed by atoms with van der Waals surface area (Å²) in [5.41, 5.74) is 2.38. The van der Waals surface area contributed by atoms with Crippen LogP contribution in [0.2, 0.25) is 10.0 Å². The number of aromatic carboxylic acids is 1. The molecular weight excluding hydrogens is 415 g/mol. The highest BCUT2D eigenvalue weighted by Crippen LogP contribution is 2.37. The molecule has 29 heavy (non-hydrogen) atoms. The number of benzene rings is 2. The number of hydrogen-bond donors (Lipinski definition) is 2. The van der Waals surface area contributed by atoms with Crippen molar-refractivity contribution in [1.29, 1.82) is 0 Å². The first kappa shape index (κ1) is 20.8. The lowest BCUT2D eigenvalue weighted by atomic mass is 10.1. The van der Waals surface area contributed by atoms with E-state index in [1.54, 1.807) is 24.5 Å². The third-order valence-corrected chi connectivity index (χ3v) is 4.70. The van der Waals surface area contributed by atoms with Crippen LogP contribution in [0.5, 0.6) is 11.5 Å². The first-order valence-electron chi connectivity index (χ1n) is 8.62. The Labute approximate surface area is 178 Å². The zero-order chi connectivity index (χ0) is 20.8. The number of nitrogens with one attached hydrogen (secondary N) is 1. The van der Waals surface area contributed by atoms with Crippen LogP contribution in [0.4, 0.5) is 5.69 Å². The number of ether oxygens (including phenoxy) is 2. The van der Waals surface area contributed by atoms with Gasteiger partial charge in [0.15, 0.2) is 11.5 Å². The molecule has 2 aromatic carbocycles. The van der Waals surface area contributed by atoms with Gasteiger partial charge in [-0.3, -0.25) is 4.98 Å². The number of anilines is 1. The summed E-state index contributed by atoms with van der Waals surface area (Å²) in [4.78, 5) is 15.2. The Balaban J connectivity index is 1.75. The molecule has 1 heterocycles. The Morgan fingerprint density at radius 2 is 1.97 bits per heavy atom. The number of carboxylic acids is 1. The minimum absolute atomic E-state index is 0.145. The Hall–Kier alpha value is -2.96. The van der Waals surface area contributed by atoms with Crippen LogP contribution in [-0.2, 0) is 13.2 Å². The summed E-state index contributed by atoms with van der Waals surface area (Å²) in [6, 6.07) is 11.8. The van der Waals surface area contributed by atoms with Crippen LogP contribution in [0, 0.1) is 0 Å². The van der Waals surface area contributed by atoms with Crippen LogP contribution >= 0.6 is 23.2 Å². The van der Waals surface area contributed by atoms with Crippen LogP contribution in [0.3, 0.4) is 0 Å². The molecule has 3 aromatic rings. The predicted octanol–water partition coefficient (Wildman–Crippen LogP) is 5.29. The van der Waals surface area contributed by atoms with Gasteiger partial charge >= 0.3 is 5.97 Å². The molecule has 0 atom stereocenters. The molecule has 150 valence electrons. The number of carboxylic acid groups (broad SMARTS) is 1. The lowest BCUT2D eigenvalue weighted by molar-refractivity contribution is 0.0697. The van der Waals surface area contributed by atoms with Gasteiger partial charge in [-0.1, -0.05) is 29.3 Å². The number of rotatable bonds is 8. The summed E-state index contributed by atoms with van der Waals surface area (Å²) in [5, 5.41) is 13.1. The number of pyridine rings is 1. The third kappa shape index (κ3) is 5.31. The molecule has 0 aliphatic rings. The first-order valence-corrected chi connectivity index (χ1v) is 9.38. The summed E-state index contributed by atoms with van der Waals surface area (Å²) in [7, 11) is 1.53. The Morgan fingerprint density at radius 1 is 1.14 bits per heavy atom.